The van der Waals surface area contributed by atoms with E-state index in [1.807, 2.05) is 0 Å². The largest absolute Gasteiger partial charge is 0.481 e. The molecule has 2 N–H and O–H groups in total. The molecule has 1 aliphatic rings. The summed E-state index contributed by atoms with van der Waals surface area (Å²) in [4.78, 5) is 14.3. The summed E-state index contributed by atoms with van der Waals surface area (Å²) >= 11 is 0. The Kier molecular flexibility index (Phi) is 3.61. The Bertz CT molecular complexity index is 478. The molecule has 8 heteroatoms. The molecule has 2 atom stereocenters. The van der Waals surface area contributed by atoms with Crippen LogP contribution in [-0.2, 0) is 15.7 Å². The molecule has 1 aromatic heterocycles. The number of carboxylic acids is 1. The van der Waals surface area contributed by atoms with Crippen molar-refractivity contribution in [3.63, 3.8) is 0 Å². The van der Waals surface area contributed by atoms with Crippen LogP contribution < -0.4 is 5.32 Å². The van der Waals surface area contributed by atoms with E-state index in [-0.39, 0.29) is 19.0 Å². The number of pyridine rings is 1. The summed E-state index contributed by atoms with van der Waals surface area (Å²) in [6, 6.07) is 2.83. The van der Waals surface area contributed by atoms with Gasteiger partial charge in [-0.3, -0.25) is 4.79 Å². The highest BCUT2D eigenvalue weighted by Crippen LogP contribution is 2.28. The lowest BCUT2D eigenvalue weighted by Crippen LogP contribution is -2.33. The van der Waals surface area contributed by atoms with Crippen LogP contribution in [0.3, 0.4) is 0 Å². The van der Waals surface area contributed by atoms with Crippen LogP contribution >= 0.6 is 0 Å². The highest BCUT2D eigenvalue weighted by atomic mass is 19.4. The SMILES string of the molecule is O=C(O)C1COCC1Nc1cccc(C(F)(F)F)n1. The summed E-state index contributed by atoms with van der Waals surface area (Å²) in [5, 5.41) is 11.6. The maximum absolute atomic E-state index is 12.5. The predicted molar refractivity (Wildman–Crippen MR) is 58.6 cm³/mol. The van der Waals surface area contributed by atoms with Crippen molar-refractivity contribution in [3.8, 4) is 0 Å². The van der Waals surface area contributed by atoms with Crippen LogP contribution in [0.15, 0.2) is 18.2 Å². The number of aliphatic carboxylic acids is 1. The topological polar surface area (TPSA) is 71.5 Å². The van der Waals surface area contributed by atoms with Crippen molar-refractivity contribution in [1.82, 2.24) is 4.98 Å². The molecule has 0 saturated carbocycles. The Morgan fingerprint density at radius 3 is 2.79 bits per heavy atom. The molecule has 104 valence electrons. The monoisotopic (exact) mass is 276 g/mol. The third-order valence-corrected chi connectivity index (χ3v) is 2.77. The minimum absolute atomic E-state index is 0.0171. The van der Waals surface area contributed by atoms with Crippen molar-refractivity contribution in [2.24, 2.45) is 5.92 Å². The van der Waals surface area contributed by atoms with E-state index in [1.54, 1.807) is 0 Å². The van der Waals surface area contributed by atoms with Gasteiger partial charge < -0.3 is 15.2 Å². The zero-order valence-electron chi connectivity index (χ0n) is 9.65. The van der Waals surface area contributed by atoms with Crippen LogP contribution in [0.25, 0.3) is 0 Å². The summed E-state index contributed by atoms with van der Waals surface area (Å²) in [6.45, 7) is 0.154. The predicted octanol–water partition coefficient (Wildman–Crippen LogP) is 1.61. The maximum Gasteiger partial charge on any atom is 0.433 e. The van der Waals surface area contributed by atoms with E-state index in [0.29, 0.717) is 0 Å². The number of hydrogen-bond acceptors (Lipinski definition) is 4. The Balaban J connectivity index is 2.13. The minimum Gasteiger partial charge on any atom is -0.481 e. The lowest BCUT2D eigenvalue weighted by Gasteiger charge is -2.17. The second-order valence-electron chi connectivity index (χ2n) is 4.14. The van der Waals surface area contributed by atoms with Gasteiger partial charge in [-0.15, -0.1) is 0 Å². The molecule has 2 unspecified atom stereocenters. The van der Waals surface area contributed by atoms with Crippen molar-refractivity contribution >= 4 is 11.8 Å². The van der Waals surface area contributed by atoms with Crippen molar-refractivity contribution in [3.05, 3.63) is 23.9 Å². The van der Waals surface area contributed by atoms with Gasteiger partial charge in [-0.1, -0.05) is 6.07 Å². The van der Waals surface area contributed by atoms with Gasteiger partial charge in [0, 0.05) is 0 Å². The number of anilines is 1. The van der Waals surface area contributed by atoms with Gasteiger partial charge in [-0.05, 0) is 12.1 Å². The van der Waals surface area contributed by atoms with Crippen molar-refractivity contribution in [2.75, 3.05) is 18.5 Å². The molecule has 1 aromatic rings. The molecule has 2 rings (SSSR count). The number of carbonyl (C=O) groups is 1. The number of nitrogens with one attached hydrogen (secondary N) is 1. The smallest absolute Gasteiger partial charge is 0.433 e. The number of ether oxygens (including phenoxy) is 1. The number of halogens is 3. The van der Waals surface area contributed by atoms with Crippen LogP contribution in [0, 0.1) is 5.92 Å². The molecule has 1 aliphatic heterocycles. The highest BCUT2D eigenvalue weighted by Gasteiger charge is 2.35. The van der Waals surface area contributed by atoms with E-state index in [1.165, 1.54) is 12.1 Å². The van der Waals surface area contributed by atoms with Gasteiger partial charge in [-0.25, -0.2) is 4.98 Å². The van der Waals surface area contributed by atoms with Crippen LogP contribution in [0.1, 0.15) is 5.69 Å². The fourth-order valence-corrected chi connectivity index (χ4v) is 1.80. The molecule has 1 fully saturated rings. The minimum atomic E-state index is -4.53. The molecule has 0 aromatic carbocycles. The van der Waals surface area contributed by atoms with Gasteiger partial charge in [0.2, 0.25) is 0 Å². The van der Waals surface area contributed by atoms with Crippen LogP contribution in [-0.4, -0.2) is 35.3 Å². The molecule has 19 heavy (non-hydrogen) atoms. The first-order chi connectivity index (χ1) is 8.88. The summed E-state index contributed by atoms with van der Waals surface area (Å²) < 4.78 is 42.4. The lowest BCUT2D eigenvalue weighted by molar-refractivity contribution is -0.142. The molecule has 5 nitrogen and oxygen atoms in total. The number of carboxylic acid groups (broad SMARTS) is 1. The molecule has 0 spiro atoms. The van der Waals surface area contributed by atoms with Gasteiger partial charge in [0.1, 0.15) is 17.4 Å². The Morgan fingerprint density at radius 2 is 2.16 bits per heavy atom. The molecule has 1 saturated heterocycles. The summed E-state index contributed by atoms with van der Waals surface area (Å²) in [5.74, 6) is -1.87. The summed E-state index contributed by atoms with van der Waals surface area (Å²) in [7, 11) is 0. The van der Waals surface area contributed by atoms with E-state index >= 15 is 0 Å². The fraction of sp³-hybridized carbons (Fsp3) is 0.455. The first-order valence-electron chi connectivity index (χ1n) is 5.49. The van der Waals surface area contributed by atoms with E-state index in [9.17, 15) is 18.0 Å². The lowest BCUT2D eigenvalue weighted by atomic mass is 10.0. The van der Waals surface area contributed by atoms with Gasteiger partial charge in [0.05, 0.1) is 19.3 Å². The Labute approximate surface area is 106 Å². The van der Waals surface area contributed by atoms with E-state index < -0.39 is 29.8 Å². The van der Waals surface area contributed by atoms with Crippen molar-refractivity contribution < 1.29 is 27.8 Å². The van der Waals surface area contributed by atoms with Gasteiger partial charge in [0.15, 0.2) is 0 Å². The zero-order chi connectivity index (χ0) is 14.0. The Hall–Kier alpha value is -1.83. The number of aromatic nitrogens is 1. The summed E-state index contributed by atoms with van der Waals surface area (Å²) in [6.07, 6.45) is -4.53. The fourth-order valence-electron chi connectivity index (χ4n) is 1.80. The third kappa shape index (κ3) is 3.14. The second-order valence-corrected chi connectivity index (χ2v) is 4.14. The Morgan fingerprint density at radius 1 is 1.42 bits per heavy atom. The van der Waals surface area contributed by atoms with E-state index in [0.717, 1.165) is 6.07 Å². The molecule has 0 bridgehead atoms. The molecule has 0 aliphatic carbocycles. The van der Waals surface area contributed by atoms with Crippen LogP contribution in [0.2, 0.25) is 0 Å². The number of hydrogen-bond donors (Lipinski definition) is 2. The van der Waals surface area contributed by atoms with Crippen molar-refractivity contribution in [1.29, 1.82) is 0 Å². The number of alkyl halides is 3. The van der Waals surface area contributed by atoms with E-state index in [4.69, 9.17) is 9.84 Å². The first kappa shape index (κ1) is 13.6. The molecule has 2 heterocycles. The molecular weight excluding hydrogens is 265 g/mol. The van der Waals surface area contributed by atoms with Gasteiger partial charge >= 0.3 is 12.1 Å². The zero-order valence-corrected chi connectivity index (χ0v) is 9.65. The number of nitrogens with zero attached hydrogens (tertiary/aromatic N) is 1. The van der Waals surface area contributed by atoms with Crippen molar-refractivity contribution in [2.45, 2.75) is 12.2 Å². The average Bonchev–Trinajstić information content (AvgIpc) is 2.76. The second kappa shape index (κ2) is 5.04. The summed E-state index contributed by atoms with van der Waals surface area (Å²) in [5.41, 5.74) is -1.02. The van der Waals surface area contributed by atoms with Crippen LogP contribution in [0.5, 0.6) is 0 Å². The molecule has 0 amide bonds. The van der Waals surface area contributed by atoms with Gasteiger partial charge in [-0.2, -0.15) is 13.2 Å². The average molecular weight is 276 g/mol. The normalized spacial score (nSPS) is 23.3. The molecule has 0 radical (unpaired) electrons. The van der Waals surface area contributed by atoms with Gasteiger partial charge in [0.25, 0.3) is 0 Å². The first-order valence-corrected chi connectivity index (χ1v) is 5.49. The maximum atomic E-state index is 12.5. The quantitative estimate of drug-likeness (QED) is 0.877. The highest BCUT2D eigenvalue weighted by molar-refractivity contribution is 5.72. The number of rotatable bonds is 3. The molecular formula is C11H11F3N2O3. The van der Waals surface area contributed by atoms with Crippen LogP contribution in [0.4, 0.5) is 19.0 Å². The standard InChI is InChI=1S/C11H11F3N2O3/c12-11(13,14)8-2-1-3-9(16-8)15-7-5-19-4-6(7)10(17)18/h1-3,6-7H,4-5H2,(H,15,16)(H,17,18). The third-order valence-electron chi connectivity index (χ3n) is 2.77. The van der Waals surface area contributed by atoms with E-state index in [2.05, 4.69) is 10.3 Å².